The Labute approximate surface area is 263 Å². The number of nitrogens with one attached hydrogen (secondary N) is 3. The standard InChI is InChI=1S/C33H28ClN3O6S/c1-2-29(32(41)36-24-15-16-28(38)26(19-24)33(42)43)44-25-10-6-9-23(18-25)35-31(40)27(17-20-11-13-22(34)14-12-20)37-30(39)21-7-4-3-5-8-21/h3-19,29,38H,2H2,1H3,(H,35,40)(H,36,41)(H,37,39)(H,42,43)/b27-17-. The van der Waals surface area contributed by atoms with Crippen LogP contribution in [0.2, 0.25) is 5.02 Å². The van der Waals surface area contributed by atoms with E-state index in [9.17, 15) is 29.4 Å². The summed E-state index contributed by atoms with van der Waals surface area (Å²) in [6, 6.07) is 26.0. The van der Waals surface area contributed by atoms with Crippen LogP contribution in [0, 0.1) is 0 Å². The molecule has 0 aliphatic rings. The minimum atomic E-state index is -1.32. The predicted octanol–water partition coefficient (Wildman–Crippen LogP) is 6.66. The van der Waals surface area contributed by atoms with Crippen molar-refractivity contribution in [1.29, 1.82) is 0 Å². The van der Waals surface area contributed by atoms with Crippen LogP contribution in [0.5, 0.6) is 5.75 Å². The number of thioether (sulfide) groups is 1. The van der Waals surface area contributed by atoms with E-state index in [1.807, 2.05) is 6.92 Å². The summed E-state index contributed by atoms with van der Waals surface area (Å²) < 4.78 is 0. The Morgan fingerprint density at radius 3 is 2.25 bits per heavy atom. The number of hydrogen-bond acceptors (Lipinski definition) is 6. The lowest BCUT2D eigenvalue weighted by atomic mass is 10.1. The summed E-state index contributed by atoms with van der Waals surface area (Å²) in [6.45, 7) is 1.84. The smallest absolute Gasteiger partial charge is 0.339 e. The Bertz CT molecular complexity index is 1710. The molecule has 0 aromatic heterocycles. The number of aromatic carboxylic acids is 1. The van der Waals surface area contributed by atoms with Crippen molar-refractivity contribution >= 4 is 64.5 Å². The van der Waals surface area contributed by atoms with Gasteiger partial charge in [0.25, 0.3) is 11.8 Å². The number of amides is 3. The molecule has 9 nitrogen and oxygen atoms in total. The van der Waals surface area contributed by atoms with E-state index < -0.39 is 28.8 Å². The van der Waals surface area contributed by atoms with Gasteiger partial charge in [-0.3, -0.25) is 14.4 Å². The highest BCUT2D eigenvalue weighted by molar-refractivity contribution is 8.00. The maximum atomic E-state index is 13.4. The molecule has 1 atom stereocenters. The third kappa shape index (κ3) is 8.73. The number of carboxylic acids is 1. The molecule has 0 bridgehead atoms. The van der Waals surface area contributed by atoms with Crippen LogP contribution in [0.4, 0.5) is 11.4 Å². The second kappa shape index (κ2) is 14.9. The summed E-state index contributed by atoms with van der Waals surface area (Å²) in [7, 11) is 0. The van der Waals surface area contributed by atoms with Gasteiger partial charge in [0.1, 0.15) is 17.0 Å². The summed E-state index contributed by atoms with van der Waals surface area (Å²) in [4.78, 5) is 51.3. The molecule has 0 aliphatic heterocycles. The van der Waals surface area contributed by atoms with Gasteiger partial charge in [-0.25, -0.2) is 4.79 Å². The molecule has 0 saturated carbocycles. The monoisotopic (exact) mass is 629 g/mol. The van der Waals surface area contributed by atoms with Crippen LogP contribution in [-0.2, 0) is 9.59 Å². The molecule has 4 aromatic carbocycles. The van der Waals surface area contributed by atoms with E-state index in [1.165, 1.54) is 30.0 Å². The summed E-state index contributed by atoms with van der Waals surface area (Å²) in [5.41, 5.74) is 1.41. The third-order valence-electron chi connectivity index (χ3n) is 6.24. The molecule has 44 heavy (non-hydrogen) atoms. The Morgan fingerprint density at radius 1 is 0.864 bits per heavy atom. The summed E-state index contributed by atoms with van der Waals surface area (Å²) in [5, 5.41) is 27.2. The molecule has 11 heteroatoms. The first-order valence-electron chi connectivity index (χ1n) is 13.4. The van der Waals surface area contributed by atoms with E-state index in [1.54, 1.807) is 84.9 Å². The van der Waals surface area contributed by atoms with Gasteiger partial charge in [-0.15, -0.1) is 11.8 Å². The van der Waals surface area contributed by atoms with E-state index >= 15 is 0 Å². The minimum absolute atomic E-state index is 0.0136. The highest BCUT2D eigenvalue weighted by Crippen LogP contribution is 2.29. The molecule has 4 rings (SSSR count). The molecule has 0 heterocycles. The number of carbonyl (C=O) groups excluding carboxylic acids is 3. The number of carboxylic acid groups (broad SMARTS) is 1. The number of anilines is 2. The fourth-order valence-electron chi connectivity index (χ4n) is 4.01. The lowest BCUT2D eigenvalue weighted by Gasteiger charge is -2.16. The molecule has 0 spiro atoms. The van der Waals surface area contributed by atoms with Gasteiger partial charge in [0.2, 0.25) is 5.91 Å². The molecule has 224 valence electrons. The zero-order valence-corrected chi connectivity index (χ0v) is 25.0. The number of carbonyl (C=O) groups is 4. The van der Waals surface area contributed by atoms with Gasteiger partial charge < -0.3 is 26.2 Å². The van der Waals surface area contributed by atoms with Crippen LogP contribution < -0.4 is 16.0 Å². The number of phenols is 1. The van der Waals surface area contributed by atoms with Crippen molar-refractivity contribution in [2.75, 3.05) is 10.6 Å². The minimum Gasteiger partial charge on any atom is -0.507 e. The van der Waals surface area contributed by atoms with E-state index in [2.05, 4.69) is 16.0 Å². The van der Waals surface area contributed by atoms with E-state index in [4.69, 9.17) is 11.6 Å². The second-order valence-corrected chi connectivity index (χ2v) is 11.2. The summed E-state index contributed by atoms with van der Waals surface area (Å²) in [5.74, 6) is -3.08. The first kappa shape index (κ1) is 31.9. The van der Waals surface area contributed by atoms with E-state index in [0.29, 0.717) is 33.2 Å². The number of rotatable bonds is 11. The molecular formula is C33H28ClN3O6S. The third-order valence-corrected chi connectivity index (χ3v) is 7.85. The molecule has 0 aliphatic carbocycles. The van der Waals surface area contributed by atoms with Crippen molar-refractivity contribution in [3.8, 4) is 5.75 Å². The van der Waals surface area contributed by atoms with Crippen molar-refractivity contribution in [2.24, 2.45) is 0 Å². The Balaban J connectivity index is 1.49. The van der Waals surface area contributed by atoms with E-state index in [-0.39, 0.29) is 22.9 Å². The van der Waals surface area contributed by atoms with Crippen molar-refractivity contribution in [3.05, 3.63) is 124 Å². The largest absolute Gasteiger partial charge is 0.507 e. The molecule has 5 N–H and O–H groups in total. The number of aromatic hydroxyl groups is 1. The molecule has 0 fully saturated rings. The Hall–Kier alpha value is -5.06. The number of hydrogen-bond donors (Lipinski definition) is 5. The zero-order valence-electron chi connectivity index (χ0n) is 23.4. The maximum Gasteiger partial charge on any atom is 0.339 e. The van der Waals surface area contributed by atoms with Crippen molar-refractivity contribution < 1.29 is 29.4 Å². The number of benzene rings is 4. The van der Waals surface area contributed by atoms with Gasteiger partial charge in [-0.1, -0.05) is 54.9 Å². The van der Waals surface area contributed by atoms with Crippen LogP contribution in [0.15, 0.2) is 108 Å². The molecular weight excluding hydrogens is 602 g/mol. The molecule has 3 amide bonds. The average molecular weight is 630 g/mol. The maximum absolute atomic E-state index is 13.4. The Kier molecular flexibility index (Phi) is 10.8. The van der Waals surface area contributed by atoms with Gasteiger partial charge in [0.15, 0.2) is 0 Å². The quantitative estimate of drug-likeness (QED) is 0.0708. The molecule has 4 aromatic rings. The molecule has 0 radical (unpaired) electrons. The normalized spacial score (nSPS) is 11.7. The first-order valence-corrected chi connectivity index (χ1v) is 14.7. The molecule has 1 unspecified atom stereocenters. The lowest BCUT2D eigenvalue weighted by Crippen LogP contribution is -2.30. The second-order valence-electron chi connectivity index (χ2n) is 9.45. The molecule has 0 saturated heterocycles. The van der Waals surface area contributed by atoms with Crippen LogP contribution in [0.3, 0.4) is 0 Å². The van der Waals surface area contributed by atoms with Crippen LogP contribution in [0.1, 0.15) is 39.6 Å². The van der Waals surface area contributed by atoms with Crippen molar-refractivity contribution in [2.45, 2.75) is 23.5 Å². The van der Waals surface area contributed by atoms with Gasteiger partial charge in [0.05, 0.1) is 5.25 Å². The van der Waals surface area contributed by atoms with Gasteiger partial charge in [-0.05, 0) is 78.7 Å². The van der Waals surface area contributed by atoms with Gasteiger partial charge in [0, 0.05) is 26.9 Å². The summed E-state index contributed by atoms with van der Waals surface area (Å²) >= 11 is 7.26. The predicted molar refractivity (Wildman–Crippen MR) is 172 cm³/mol. The van der Waals surface area contributed by atoms with Gasteiger partial charge >= 0.3 is 5.97 Å². The highest BCUT2D eigenvalue weighted by Gasteiger charge is 2.20. The average Bonchev–Trinajstić information content (AvgIpc) is 3.01. The van der Waals surface area contributed by atoms with Crippen LogP contribution in [0.25, 0.3) is 6.08 Å². The number of halogens is 1. The van der Waals surface area contributed by atoms with Crippen LogP contribution >= 0.6 is 23.4 Å². The first-order chi connectivity index (χ1) is 21.1. The topological polar surface area (TPSA) is 145 Å². The zero-order chi connectivity index (χ0) is 31.6. The highest BCUT2D eigenvalue weighted by atomic mass is 35.5. The van der Waals surface area contributed by atoms with Crippen molar-refractivity contribution in [3.63, 3.8) is 0 Å². The SMILES string of the molecule is CCC(Sc1cccc(NC(=O)/C(=C/c2ccc(Cl)cc2)NC(=O)c2ccccc2)c1)C(=O)Nc1ccc(O)c(C(=O)O)c1. The lowest BCUT2D eigenvalue weighted by molar-refractivity contribution is -0.116. The fraction of sp³-hybridized carbons (Fsp3) is 0.0909. The van der Waals surface area contributed by atoms with Gasteiger partial charge in [-0.2, -0.15) is 0 Å². The summed E-state index contributed by atoms with van der Waals surface area (Å²) in [6.07, 6.45) is 2.00. The van der Waals surface area contributed by atoms with Crippen molar-refractivity contribution in [1.82, 2.24) is 5.32 Å². The van der Waals surface area contributed by atoms with E-state index in [0.717, 1.165) is 0 Å². The fourth-order valence-corrected chi connectivity index (χ4v) is 5.15. The Morgan fingerprint density at radius 2 is 1.57 bits per heavy atom. The van der Waals surface area contributed by atoms with Crippen LogP contribution in [-0.4, -0.2) is 39.2 Å².